The number of rotatable bonds is 6. The van der Waals surface area contributed by atoms with Crippen molar-refractivity contribution in [3.05, 3.63) is 25.3 Å². The number of hydrogen-bond acceptors (Lipinski definition) is 3. The van der Waals surface area contributed by atoms with Crippen LogP contribution in [0.1, 0.15) is 0 Å². The van der Waals surface area contributed by atoms with E-state index in [-0.39, 0.29) is 0 Å². The van der Waals surface area contributed by atoms with Crippen molar-refractivity contribution in [2.24, 2.45) is 0 Å². The Morgan fingerprint density at radius 3 is 1.90 bits per heavy atom. The van der Waals surface area contributed by atoms with Gasteiger partial charge in [0.1, 0.15) is 0 Å². The second-order valence-corrected chi connectivity index (χ2v) is 3.38. The molecule has 0 radical (unpaired) electrons. The maximum atomic E-state index is 5.03. The van der Waals surface area contributed by atoms with Gasteiger partial charge in [-0.3, -0.25) is 0 Å². The molecule has 0 bridgehead atoms. The van der Waals surface area contributed by atoms with Crippen LogP contribution in [0.3, 0.4) is 0 Å². The lowest BCUT2D eigenvalue weighted by Gasteiger charge is -2.07. The van der Waals surface area contributed by atoms with Crippen molar-refractivity contribution in [2.45, 2.75) is 0 Å². The van der Waals surface area contributed by atoms with Crippen LogP contribution in [-0.4, -0.2) is 13.2 Å². The first-order valence-electron chi connectivity index (χ1n) is 2.78. The lowest BCUT2D eigenvalue weighted by atomic mass is 10.7. The van der Waals surface area contributed by atoms with Crippen LogP contribution in [0.25, 0.3) is 0 Å². The molecule has 0 saturated carbocycles. The van der Waals surface area contributed by atoms with E-state index in [1.54, 1.807) is 12.2 Å². The molecule has 0 aliphatic carbocycles. The zero-order chi connectivity index (χ0) is 7.82. The number of thiol groups is 1. The standard InChI is InChI=1S/C6H11O2PS/c1-3-5-7-9(10)8-6-4-2/h3-4,10H,1-2,5-6H2. The predicted octanol–water partition coefficient (Wildman–Crippen LogP) is 2.55. The fourth-order valence-electron chi connectivity index (χ4n) is 0.270. The monoisotopic (exact) mass is 178 g/mol. The molecular weight excluding hydrogens is 167 g/mol. The fourth-order valence-corrected chi connectivity index (χ4v) is 1.21. The average Bonchev–Trinajstić information content (AvgIpc) is 1.97. The van der Waals surface area contributed by atoms with E-state index in [1.807, 2.05) is 0 Å². The van der Waals surface area contributed by atoms with Gasteiger partial charge in [0.2, 0.25) is 7.58 Å². The molecule has 0 aliphatic heterocycles. The van der Waals surface area contributed by atoms with Gasteiger partial charge >= 0.3 is 0 Å². The van der Waals surface area contributed by atoms with Gasteiger partial charge in [-0.05, 0) is 0 Å². The summed E-state index contributed by atoms with van der Waals surface area (Å²) in [4.78, 5) is 0. The molecule has 10 heavy (non-hydrogen) atoms. The molecule has 58 valence electrons. The Labute approximate surface area is 68.0 Å². The summed E-state index contributed by atoms with van der Waals surface area (Å²) < 4.78 is 10.1. The minimum Gasteiger partial charge on any atom is -0.322 e. The maximum absolute atomic E-state index is 5.03. The molecule has 2 nitrogen and oxygen atoms in total. The van der Waals surface area contributed by atoms with Crippen LogP contribution >= 0.6 is 19.8 Å². The minimum atomic E-state index is -1.04. The summed E-state index contributed by atoms with van der Waals surface area (Å²) in [6.07, 6.45) is 3.31. The van der Waals surface area contributed by atoms with Crippen molar-refractivity contribution in [1.29, 1.82) is 0 Å². The van der Waals surface area contributed by atoms with Crippen molar-refractivity contribution < 1.29 is 9.05 Å². The zero-order valence-electron chi connectivity index (χ0n) is 5.69. The molecule has 0 amide bonds. The first kappa shape index (κ1) is 10.2. The van der Waals surface area contributed by atoms with Crippen LogP contribution in [-0.2, 0) is 9.05 Å². The van der Waals surface area contributed by atoms with Crippen molar-refractivity contribution >= 4 is 19.8 Å². The molecule has 0 atom stereocenters. The number of hydrogen-bond donors (Lipinski definition) is 1. The first-order valence-corrected chi connectivity index (χ1v) is 5.11. The normalized spacial score (nSPS) is 9.80. The molecular formula is C6H11O2PS. The summed E-state index contributed by atoms with van der Waals surface area (Å²) in [6.45, 7) is 7.93. The van der Waals surface area contributed by atoms with Crippen LogP contribution in [0.4, 0.5) is 0 Å². The van der Waals surface area contributed by atoms with Crippen LogP contribution in [0.2, 0.25) is 0 Å². The molecule has 4 heteroatoms. The SMILES string of the molecule is C=CCOP(S)OCC=C. The van der Waals surface area contributed by atoms with E-state index in [0.29, 0.717) is 13.2 Å². The minimum absolute atomic E-state index is 0.479. The second kappa shape index (κ2) is 7.29. The van der Waals surface area contributed by atoms with E-state index in [9.17, 15) is 0 Å². The predicted molar refractivity (Wildman–Crippen MR) is 48.2 cm³/mol. The van der Waals surface area contributed by atoms with Gasteiger partial charge in [-0.25, -0.2) is 0 Å². The highest BCUT2D eigenvalue weighted by atomic mass is 32.7. The average molecular weight is 178 g/mol. The Morgan fingerprint density at radius 1 is 1.20 bits per heavy atom. The van der Waals surface area contributed by atoms with Crippen LogP contribution in [0, 0.1) is 0 Å². The van der Waals surface area contributed by atoms with Crippen LogP contribution in [0.5, 0.6) is 0 Å². The largest absolute Gasteiger partial charge is 0.322 e. The zero-order valence-corrected chi connectivity index (χ0v) is 7.48. The molecule has 0 spiro atoms. The Hall–Kier alpha value is 0.180. The Kier molecular flexibility index (Phi) is 7.42. The maximum Gasteiger partial charge on any atom is 0.235 e. The summed E-state index contributed by atoms with van der Waals surface area (Å²) >= 11 is 4.02. The molecule has 0 N–H and O–H groups in total. The van der Waals surface area contributed by atoms with Crippen molar-refractivity contribution in [3.63, 3.8) is 0 Å². The highest BCUT2D eigenvalue weighted by Crippen LogP contribution is 2.42. The Bertz CT molecular complexity index is 95.9. The summed E-state index contributed by atoms with van der Waals surface area (Å²) in [6, 6.07) is 0. The second-order valence-electron chi connectivity index (χ2n) is 1.41. The van der Waals surface area contributed by atoms with Gasteiger partial charge < -0.3 is 9.05 Å². The molecule has 0 aromatic rings. The molecule has 0 saturated heterocycles. The quantitative estimate of drug-likeness (QED) is 0.383. The molecule has 0 fully saturated rings. The first-order chi connectivity index (χ1) is 4.81. The van der Waals surface area contributed by atoms with Gasteiger partial charge in [0.15, 0.2) is 0 Å². The fraction of sp³-hybridized carbons (Fsp3) is 0.333. The van der Waals surface area contributed by atoms with E-state index in [0.717, 1.165) is 0 Å². The third-order valence-electron chi connectivity index (χ3n) is 0.606. The van der Waals surface area contributed by atoms with Crippen LogP contribution < -0.4 is 0 Å². The molecule has 0 rings (SSSR count). The summed E-state index contributed by atoms with van der Waals surface area (Å²) in [5, 5.41) is 0. The van der Waals surface area contributed by atoms with Gasteiger partial charge in [0, 0.05) is 0 Å². The van der Waals surface area contributed by atoms with Gasteiger partial charge in [-0.15, -0.1) is 13.2 Å². The van der Waals surface area contributed by atoms with E-state index < -0.39 is 7.58 Å². The summed E-state index contributed by atoms with van der Waals surface area (Å²) in [5.74, 6) is 0. The topological polar surface area (TPSA) is 18.5 Å². The highest BCUT2D eigenvalue weighted by molar-refractivity contribution is 8.41. The van der Waals surface area contributed by atoms with Crippen molar-refractivity contribution in [2.75, 3.05) is 13.2 Å². The summed E-state index contributed by atoms with van der Waals surface area (Å²) in [5.41, 5.74) is 0. The van der Waals surface area contributed by atoms with E-state index in [1.165, 1.54) is 0 Å². The Morgan fingerprint density at radius 2 is 1.60 bits per heavy atom. The van der Waals surface area contributed by atoms with E-state index in [4.69, 9.17) is 9.05 Å². The lowest BCUT2D eigenvalue weighted by Crippen LogP contribution is -1.85. The van der Waals surface area contributed by atoms with Crippen molar-refractivity contribution in [1.82, 2.24) is 0 Å². The van der Waals surface area contributed by atoms with Crippen molar-refractivity contribution in [3.8, 4) is 0 Å². The third kappa shape index (κ3) is 6.30. The Balaban J connectivity index is 3.15. The van der Waals surface area contributed by atoms with Gasteiger partial charge in [-0.2, -0.15) is 0 Å². The molecule has 0 aliphatic rings. The lowest BCUT2D eigenvalue weighted by molar-refractivity contribution is 0.305. The molecule has 0 unspecified atom stereocenters. The molecule has 0 aromatic carbocycles. The summed E-state index contributed by atoms with van der Waals surface area (Å²) in [7, 11) is -1.04. The molecule has 0 aromatic heterocycles. The third-order valence-corrected chi connectivity index (χ3v) is 2.04. The highest BCUT2D eigenvalue weighted by Gasteiger charge is 1.99. The van der Waals surface area contributed by atoms with Gasteiger partial charge in [0.25, 0.3) is 0 Å². The van der Waals surface area contributed by atoms with Gasteiger partial charge in [-0.1, -0.05) is 24.4 Å². The smallest absolute Gasteiger partial charge is 0.235 e. The van der Waals surface area contributed by atoms with E-state index >= 15 is 0 Å². The molecule has 0 heterocycles. The van der Waals surface area contributed by atoms with Gasteiger partial charge in [0.05, 0.1) is 13.2 Å². The van der Waals surface area contributed by atoms with E-state index in [2.05, 4.69) is 25.4 Å². The van der Waals surface area contributed by atoms with Crippen LogP contribution in [0.15, 0.2) is 25.3 Å².